The zero-order valence-corrected chi connectivity index (χ0v) is 12.1. The second-order valence-corrected chi connectivity index (χ2v) is 5.19. The van der Waals surface area contributed by atoms with Crippen LogP contribution < -0.4 is 4.74 Å². The molecular formula is C14H17ClN2O3. The summed E-state index contributed by atoms with van der Waals surface area (Å²) in [5.41, 5.74) is 0.479. The molecular weight excluding hydrogens is 280 g/mol. The molecule has 1 heterocycles. The molecule has 1 saturated heterocycles. The molecule has 2 rings (SSSR count). The first-order valence-corrected chi connectivity index (χ1v) is 6.82. The third kappa shape index (κ3) is 3.71. The molecule has 0 bridgehead atoms. The van der Waals surface area contributed by atoms with Gasteiger partial charge in [-0.05, 0) is 25.2 Å². The number of amides is 1. The normalized spacial score (nSPS) is 16.0. The van der Waals surface area contributed by atoms with Crippen LogP contribution in [0.5, 0.6) is 5.75 Å². The second kappa shape index (κ2) is 6.72. The van der Waals surface area contributed by atoms with Crippen LogP contribution in [0.25, 0.3) is 0 Å². The summed E-state index contributed by atoms with van der Waals surface area (Å²) in [6, 6.07) is 4.72. The van der Waals surface area contributed by atoms with Crippen LogP contribution in [0.15, 0.2) is 18.2 Å². The van der Waals surface area contributed by atoms with Gasteiger partial charge in [0.05, 0.1) is 5.02 Å². The van der Waals surface area contributed by atoms with E-state index in [0.717, 1.165) is 26.2 Å². The second-order valence-electron chi connectivity index (χ2n) is 4.78. The smallest absolute Gasteiger partial charge is 0.260 e. The van der Waals surface area contributed by atoms with E-state index in [2.05, 4.69) is 4.90 Å². The molecule has 1 aliphatic heterocycles. The number of hydrogen-bond donors (Lipinski definition) is 0. The van der Waals surface area contributed by atoms with E-state index in [1.54, 1.807) is 17.0 Å². The lowest BCUT2D eigenvalue weighted by molar-refractivity contribution is -0.134. The van der Waals surface area contributed by atoms with Gasteiger partial charge >= 0.3 is 0 Å². The highest BCUT2D eigenvalue weighted by Gasteiger charge is 2.19. The molecule has 6 heteroatoms. The van der Waals surface area contributed by atoms with Gasteiger partial charge in [0.1, 0.15) is 12.0 Å². The first-order valence-electron chi connectivity index (χ1n) is 6.44. The number of benzene rings is 1. The van der Waals surface area contributed by atoms with Crippen LogP contribution in [-0.4, -0.2) is 61.8 Å². The number of hydrogen-bond acceptors (Lipinski definition) is 4. The van der Waals surface area contributed by atoms with Crippen molar-refractivity contribution >= 4 is 23.8 Å². The van der Waals surface area contributed by atoms with Crippen LogP contribution in [0.2, 0.25) is 5.02 Å². The van der Waals surface area contributed by atoms with Gasteiger partial charge in [-0.2, -0.15) is 0 Å². The number of piperazine rings is 1. The lowest BCUT2D eigenvalue weighted by Gasteiger charge is -2.32. The van der Waals surface area contributed by atoms with E-state index in [1.807, 2.05) is 7.05 Å². The molecule has 0 aromatic heterocycles. The van der Waals surface area contributed by atoms with Gasteiger partial charge in [-0.1, -0.05) is 11.6 Å². The molecule has 0 spiro atoms. The van der Waals surface area contributed by atoms with Crippen LogP contribution in [0.1, 0.15) is 10.4 Å². The summed E-state index contributed by atoms with van der Waals surface area (Å²) in [5, 5.41) is 0.334. The summed E-state index contributed by atoms with van der Waals surface area (Å²) >= 11 is 5.98. The van der Waals surface area contributed by atoms with Gasteiger partial charge in [-0.3, -0.25) is 9.59 Å². The maximum absolute atomic E-state index is 12.0. The number of aldehydes is 1. The van der Waals surface area contributed by atoms with E-state index in [-0.39, 0.29) is 12.5 Å². The van der Waals surface area contributed by atoms with Crippen molar-refractivity contribution in [2.45, 2.75) is 0 Å². The van der Waals surface area contributed by atoms with Crippen molar-refractivity contribution in [1.82, 2.24) is 9.80 Å². The van der Waals surface area contributed by atoms with E-state index < -0.39 is 0 Å². The molecule has 1 fully saturated rings. The molecule has 1 amide bonds. The number of halogens is 1. The molecule has 108 valence electrons. The topological polar surface area (TPSA) is 49.9 Å². The Morgan fingerprint density at radius 2 is 2.05 bits per heavy atom. The molecule has 0 radical (unpaired) electrons. The Balaban J connectivity index is 1.88. The Morgan fingerprint density at radius 1 is 1.35 bits per heavy atom. The van der Waals surface area contributed by atoms with Crippen LogP contribution in [-0.2, 0) is 4.79 Å². The summed E-state index contributed by atoms with van der Waals surface area (Å²) < 4.78 is 5.43. The fourth-order valence-electron chi connectivity index (χ4n) is 1.99. The number of likely N-dealkylation sites (N-methyl/N-ethyl adjacent to an activating group) is 1. The molecule has 0 N–H and O–H groups in total. The fraction of sp³-hybridized carbons (Fsp3) is 0.429. The fourth-order valence-corrected chi connectivity index (χ4v) is 2.24. The van der Waals surface area contributed by atoms with Crippen molar-refractivity contribution in [3.63, 3.8) is 0 Å². The van der Waals surface area contributed by atoms with Crippen molar-refractivity contribution in [2.75, 3.05) is 39.8 Å². The van der Waals surface area contributed by atoms with E-state index in [1.165, 1.54) is 6.07 Å². The highest BCUT2D eigenvalue weighted by Crippen LogP contribution is 2.24. The summed E-state index contributed by atoms with van der Waals surface area (Å²) in [5.74, 6) is 0.369. The minimum Gasteiger partial charge on any atom is -0.482 e. The number of nitrogens with zero attached hydrogens (tertiary/aromatic N) is 2. The van der Waals surface area contributed by atoms with E-state index >= 15 is 0 Å². The Labute approximate surface area is 123 Å². The van der Waals surface area contributed by atoms with Gasteiger partial charge in [0, 0.05) is 31.7 Å². The molecule has 0 saturated carbocycles. The average Bonchev–Trinajstić information content (AvgIpc) is 2.46. The molecule has 0 atom stereocenters. The maximum atomic E-state index is 12.0. The van der Waals surface area contributed by atoms with Crippen molar-refractivity contribution < 1.29 is 14.3 Å². The van der Waals surface area contributed by atoms with Crippen LogP contribution >= 0.6 is 11.6 Å². The first-order chi connectivity index (χ1) is 9.60. The number of carbonyl (C=O) groups excluding carboxylic acids is 2. The molecule has 1 aliphatic rings. The largest absolute Gasteiger partial charge is 0.482 e. The average molecular weight is 297 g/mol. The molecule has 5 nitrogen and oxygen atoms in total. The first kappa shape index (κ1) is 14.8. The highest BCUT2D eigenvalue weighted by molar-refractivity contribution is 6.32. The van der Waals surface area contributed by atoms with E-state index in [9.17, 15) is 9.59 Å². The van der Waals surface area contributed by atoms with Crippen molar-refractivity contribution in [3.8, 4) is 5.75 Å². The predicted octanol–water partition coefficient (Wildman–Crippen LogP) is 1.31. The molecule has 1 aromatic carbocycles. The minimum absolute atomic E-state index is 0.0378. The Hall–Kier alpha value is -1.59. The van der Waals surface area contributed by atoms with Gasteiger partial charge in [-0.25, -0.2) is 0 Å². The highest BCUT2D eigenvalue weighted by atomic mass is 35.5. The Kier molecular flexibility index (Phi) is 4.98. The molecule has 1 aromatic rings. The van der Waals surface area contributed by atoms with Crippen molar-refractivity contribution in [3.05, 3.63) is 28.8 Å². The summed E-state index contributed by atoms with van der Waals surface area (Å²) in [6.45, 7) is 3.15. The van der Waals surface area contributed by atoms with Gasteiger partial charge in [0.15, 0.2) is 6.61 Å². The SMILES string of the molecule is CN1CCN(C(=O)COc2ccc(C=O)cc2Cl)CC1. The maximum Gasteiger partial charge on any atom is 0.260 e. The lowest BCUT2D eigenvalue weighted by atomic mass is 10.2. The van der Waals surface area contributed by atoms with Gasteiger partial charge < -0.3 is 14.5 Å². The zero-order valence-electron chi connectivity index (χ0n) is 11.3. The molecule has 0 aliphatic carbocycles. The van der Waals surface area contributed by atoms with Gasteiger partial charge in [-0.15, -0.1) is 0 Å². The zero-order chi connectivity index (χ0) is 14.5. The quantitative estimate of drug-likeness (QED) is 0.786. The third-order valence-electron chi connectivity index (χ3n) is 3.30. The predicted molar refractivity (Wildman–Crippen MR) is 76.4 cm³/mol. The van der Waals surface area contributed by atoms with Crippen molar-refractivity contribution in [2.24, 2.45) is 0 Å². The van der Waals surface area contributed by atoms with Crippen LogP contribution in [0, 0.1) is 0 Å². The van der Waals surface area contributed by atoms with E-state index in [4.69, 9.17) is 16.3 Å². The third-order valence-corrected chi connectivity index (χ3v) is 3.59. The number of rotatable bonds is 4. The van der Waals surface area contributed by atoms with Gasteiger partial charge in [0.2, 0.25) is 0 Å². The summed E-state index contributed by atoms with van der Waals surface area (Å²) in [4.78, 5) is 26.6. The van der Waals surface area contributed by atoms with E-state index in [0.29, 0.717) is 22.6 Å². The lowest BCUT2D eigenvalue weighted by Crippen LogP contribution is -2.48. The Bertz CT molecular complexity index is 499. The number of ether oxygens (including phenoxy) is 1. The van der Waals surface area contributed by atoms with Crippen LogP contribution in [0.4, 0.5) is 0 Å². The summed E-state index contributed by atoms with van der Waals surface area (Å²) in [7, 11) is 2.03. The monoisotopic (exact) mass is 296 g/mol. The van der Waals surface area contributed by atoms with Crippen molar-refractivity contribution in [1.29, 1.82) is 0 Å². The standard InChI is InChI=1S/C14H17ClN2O3/c1-16-4-6-17(7-5-16)14(19)10-20-13-3-2-11(9-18)8-12(13)15/h2-3,8-9H,4-7,10H2,1H3. The molecule has 20 heavy (non-hydrogen) atoms. The molecule has 0 unspecified atom stereocenters. The van der Waals surface area contributed by atoms with Gasteiger partial charge in [0.25, 0.3) is 5.91 Å². The summed E-state index contributed by atoms with van der Waals surface area (Å²) in [6.07, 6.45) is 0.713. The number of carbonyl (C=O) groups is 2. The van der Waals surface area contributed by atoms with Crippen LogP contribution in [0.3, 0.4) is 0 Å². The Morgan fingerprint density at radius 3 is 2.65 bits per heavy atom. The minimum atomic E-state index is -0.0476.